The van der Waals surface area contributed by atoms with Crippen LogP contribution in [0, 0.1) is 5.82 Å². The molecule has 28 heavy (non-hydrogen) atoms. The van der Waals surface area contributed by atoms with E-state index in [1.165, 1.54) is 12.5 Å². The molecule has 0 saturated heterocycles. The summed E-state index contributed by atoms with van der Waals surface area (Å²) in [5.74, 6) is -0.326. The van der Waals surface area contributed by atoms with Crippen LogP contribution in [0.25, 0.3) is 11.1 Å². The molecule has 0 bridgehead atoms. The number of rotatable bonds is 4. The molecule has 2 N–H and O–H groups in total. The fourth-order valence-corrected chi connectivity index (χ4v) is 2.50. The summed E-state index contributed by atoms with van der Waals surface area (Å²) in [6.45, 7) is 1.08. The number of carboxylic acids is 1. The summed E-state index contributed by atoms with van der Waals surface area (Å²) in [6.07, 6.45) is 6.24. The Labute approximate surface area is 164 Å². The zero-order chi connectivity index (χ0) is 20.9. The summed E-state index contributed by atoms with van der Waals surface area (Å²) in [7, 11) is 3.31. The van der Waals surface area contributed by atoms with Gasteiger partial charge in [0.05, 0.1) is 12.8 Å². The number of anilines is 1. The van der Waals surface area contributed by atoms with Gasteiger partial charge in [0, 0.05) is 14.0 Å². The van der Waals surface area contributed by atoms with Gasteiger partial charge in [0.15, 0.2) is 0 Å². The molecule has 0 unspecified atom stereocenters. The van der Waals surface area contributed by atoms with Gasteiger partial charge in [-0.05, 0) is 60.2 Å². The van der Waals surface area contributed by atoms with E-state index in [4.69, 9.17) is 14.6 Å². The molecular weight excluding hydrogens is 361 g/mol. The maximum absolute atomic E-state index is 13.6. The Morgan fingerprint density at radius 2 is 1.89 bits per heavy atom. The smallest absolute Gasteiger partial charge is 0.300 e. The number of carbonyl (C=O) groups is 2. The molecule has 0 atom stereocenters. The van der Waals surface area contributed by atoms with Crippen LogP contribution in [0.15, 0.2) is 54.1 Å². The van der Waals surface area contributed by atoms with Crippen LogP contribution in [0.3, 0.4) is 0 Å². The summed E-state index contributed by atoms with van der Waals surface area (Å²) in [6, 6.07) is 12.7. The van der Waals surface area contributed by atoms with Crippen LogP contribution in [0.4, 0.5) is 10.1 Å². The summed E-state index contributed by atoms with van der Waals surface area (Å²) >= 11 is 0. The average molecular weight is 387 g/mol. The number of benzene rings is 2. The molecule has 0 saturated carbocycles. The van der Waals surface area contributed by atoms with E-state index in [0.717, 1.165) is 48.5 Å². The van der Waals surface area contributed by atoms with E-state index >= 15 is 0 Å². The van der Waals surface area contributed by atoms with Crippen LogP contribution in [0.5, 0.6) is 5.75 Å². The third-order valence-corrected chi connectivity index (χ3v) is 3.87. The van der Waals surface area contributed by atoms with Gasteiger partial charge in [0.25, 0.3) is 5.97 Å². The van der Waals surface area contributed by atoms with Gasteiger partial charge in [-0.2, -0.15) is 0 Å². The molecule has 0 heterocycles. The van der Waals surface area contributed by atoms with E-state index in [9.17, 15) is 9.18 Å². The normalized spacial score (nSPS) is 11.8. The zero-order valence-corrected chi connectivity index (χ0v) is 16.4. The summed E-state index contributed by atoms with van der Waals surface area (Å²) in [5.41, 5.74) is 3.25. The van der Waals surface area contributed by atoms with Crippen LogP contribution >= 0.6 is 0 Å². The number of aldehydes is 1. The zero-order valence-electron chi connectivity index (χ0n) is 16.4. The highest BCUT2D eigenvalue weighted by atomic mass is 19.1. The molecule has 2 aromatic rings. The Kier molecular flexibility index (Phi) is 10.0. The van der Waals surface area contributed by atoms with Crippen molar-refractivity contribution in [3.05, 3.63) is 59.9 Å². The second-order valence-electron chi connectivity index (χ2n) is 5.98. The Hall–Kier alpha value is -3.15. The lowest BCUT2D eigenvalue weighted by molar-refractivity contribution is -0.134. The Balaban J connectivity index is 0.000000293. The molecular formula is C22H26FNO4. The highest BCUT2D eigenvalue weighted by molar-refractivity contribution is 5.73. The molecule has 2 aromatic carbocycles. The number of carbonyl (C=O) groups excluding carboxylic acids is 1. The first-order valence-corrected chi connectivity index (χ1v) is 8.86. The van der Waals surface area contributed by atoms with Crippen LogP contribution < -0.4 is 10.1 Å². The predicted molar refractivity (Wildman–Crippen MR) is 109 cm³/mol. The van der Waals surface area contributed by atoms with Crippen molar-refractivity contribution in [1.29, 1.82) is 0 Å². The lowest BCUT2D eigenvalue weighted by atomic mass is 10.0. The van der Waals surface area contributed by atoms with Crippen molar-refractivity contribution in [3.8, 4) is 16.9 Å². The molecule has 6 heteroatoms. The van der Waals surface area contributed by atoms with Crippen molar-refractivity contribution in [2.45, 2.75) is 26.2 Å². The number of hydrogen-bond acceptors (Lipinski definition) is 4. The van der Waals surface area contributed by atoms with Crippen molar-refractivity contribution < 1.29 is 23.8 Å². The summed E-state index contributed by atoms with van der Waals surface area (Å²) < 4.78 is 18.8. The topological polar surface area (TPSA) is 75.6 Å². The maximum atomic E-state index is 13.6. The van der Waals surface area contributed by atoms with Gasteiger partial charge in [0.2, 0.25) is 0 Å². The molecule has 3 rings (SSSR count). The highest BCUT2D eigenvalue weighted by Gasteiger charge is 2.04. The number of aliphatic carboxylic acids is 1. The van der Waals surface area contributed by atoms with Crippen molar-refractivity contribution in [1.82, 2.24) is 0 Å². The Bertz CT molecular complexity index is 814. The van der Waals surface area contributed by atoms with Crippen molar-refractivity contribution in [3.63, 3.8) is 0 Å². The minimum Gasteiger partial charge on any atom is -0.497 e. The van der Waals surface area contributed by atoms with Crippen molar-refractivity contribution >= 4 is 17.9 Å². The Morgan fingerprint density at radius 1 is 1.21 bits per heavy atom. The number of halogens is 1. The van der Waals surface area contributed by atoms with Crippen LogP contribution in [0.2, 0.25) is 0 Å². The number of nitrogens with one attached hydrogen (secondary N) is 1. The largest absolute Gasteiger partial charge is 0.497 e. The SMILES string of the molecule is CC(=O)O.CNc1ccc(-c2cccc(OC)c2)cc1F.O=CC1=CCCC1. The maximum Gasteiger partial charge on any atom is 0.300 e. The number of carboxylic acid groups (broad SMARTS) is 1. The fourth-order valence-electron chi connectivity index (χ4n) is 2.50. The van der Waals surface area contributed by atoms with Crippen LogP contribution in [-0.2, 0) is 9.59 Å². The number of hydrogen-bond donors (Lipinski definition) is 2. The number of methoxy groups -OCH3 is 1. The molecule has 5 nitrogen and oxygen atoms in total. The van der Waals surface area contributed by atoms with Crippen molar-refractivity contribution in [2.24, 2.45) is 0 Å². The molecule has 0 fully saturated rings. The van der Waals surface area contributed by atoms with E-state index < -0.39 is 5.97 Å². The van der Waals surface area contributed by atoms with Gasteiger partial charge >= 0.3 is 0 Å². The first-order chi connectivity index (χ1) is 13.4. The molecule has 0 spiro atoms. The molecule has 0 radical (unpaired) electrons. The van der Waals surface area contributed by atoms with E-state index in [-0.39, 0.29) is 5.82 Å². The second-order valence-corrected chi connectivity index (χ2v) is 5.98. The van der Waals surface area contributed by atoms with Gasteiger partial charge in [-0.25, -0.2) is 4.39 Å². The van der Waals surface area contributed by atoms with E-state index in [1.54, 1.807) is 20.2 Å². The molecule has 0 aromatic heterocycles. The molecule has 1 aliphatic rings. The Morgan fingerprint density at radius 3 is 2.36 bits per heavy atom. The fraction of sp³-hybridized carbons (Fsp3) is 0.273. The van der Waals surface area contributed by atoms with Gasteiger partial charge in [-0.1, -0.05) is 24.3 Å². The minimum atomic E-state index is -0.833. The monoisotopic (exact) mass is 387 g/mol. The first-order valence-electron chi connectivity index (χ1n) is 8.86. The first kappa shape index (κ1) is 22.9. The number of allylic oxidation sites excluding steroid dienone is 2. The third-order valence-electron chi connectivity index (χ3n) is 3.87. The third kappa shape index (κ3) is 8.03. The molecule has 0 amide bonds. The lowest BCUT2D eigenvalue weighted by Gasteiger charge is -2.07. The summed E-state index contributed by atoms with van der Waals surface area (Å²) in [4.78, 5) is 18.9. The van der Waals surface area contributed by atoms with Crippen molar-refractivity contribution in [2.75, 3.05) is 19.5 Å². The van der Waals surface area contributed by atoms with E-state index in [1.807, 2.05) is 36.4 Å². The minimum absolute atomic E-state index is 0.257. The number of ether oxygens (including phenoxy) is 1. The van der Waals surface area contributed by atoms with E-state index in [2.05, 4.69) is 5.32 Å². The van der Waals surface area contributed by atoms with Crippen LogP contribution in [-0.4, -0.2) is 31.5 Å². The quantitative estimate of drug-likeness (QED) is 0.728. The van der Waals surface area contributed by atoms with Gasteiger partial charge in [0.1, 0.15) is 17.9 Å². The van der Waals surface area contributed by atoms with Crippen LogP contribution in [0.1, 0.15) is 26.2 Å². The van der Waals surface area contributed by atoms with E-state index in [0.29, 0.717) is 5.69 Å². The molecule has 150 valence electrons. The highest BCUT2D eigenvalue weighted by Crippen LogP contribution is 2.26. The van der Waals surface area contributed by atoms with Gasteiger partial charge < -0.3 is 15.2 Å². The summed E-state index contributed by atoms with van der Waals surface area (Å²) in [5, 5.41) is 10.2. The molecule has 1 aliphatic carbocycles. The average Bonchev–Trinajstić information content (AvgIpc) is 3.22. The molecule has 0 aliphatic heterocycles. The second kappa shape index (κ2) is 12.3. The standard InChI is InChI=1S/C14H14FNO.C6H8O.C2H4O2/c1-16-14-7-6-11(9-13(14)15)10-4-3-5-12(8-10)17-2;7-5-6-3-1-2-4-6;1-2(3)4/h3-9,16H,1-2H3;3,5H,1-2,4H2;1H3,(H,3,4). The predicted octanol–water partition coefficient (Wildman–Crippen LogP) is 4.93. The van der Waals surface area contributed by atoms with Gasteiger partial charge in [-0.3, -0.25) is 9.59 Å². The lowest BCUT2D eigenvalue weighted by Crippen LogP contribution is -1.92. The van der Waals surface area contributed by atoms with Gasteiger partial charge in [-0.15, -0.1) is 0 Å².